The fourth-order valence-corrected chi connectivity index (χ4v) is 4.10. The van der Waals surface area contributed by atoms with Crippen LogP contribution in [0, 0.1) is 25.2 Å². The normalized spacial score (nSPS) is 13.7. The standard InChI is InChI=1S/C28H25FN6O/c1-18-14-26(35(34-18)22-7-5-6-21(16-22)30-2)28(36)33-25-15-20(11-12-23(25)29)27(32-17-19-9-10-19)24-8-3-4-13-31-24/h3-8,11-16,19,27,32H,9-10,17H2,1H3,(H,33,36). The number of amides is 1. The van der Waals surface area contributed by atoms with E-state index in [0.29, 0.717) is 23.0 Å². The summed E-state index contributed by atoms with van der Waals surface area (Å²) in [6.45, 7) is 9.88. The lowest BCUT2D eigenvalue weighted by atomic mass is 10.0. The van der Waals surface area contributed by atoms with E-state index in [2.05, 4.69) is 25.6 Å². The Morgan fingerprint density at radius 3 is 2.78 bits per heavy atom. The Kier molecular flexibility index (Phi) is 6.56. The number of carbonyl (C=O) groups excluding carboxylic acids is 1. The predicted molar refractivity (Wildman–Crippen MR) is 136 cm³/mol. The Morgan fingerprint density at radius 2 is 2.03 bits per heavy atom. The highest BCUT2D eigenvalue weighted by molar-refractivity contribution is 6.03. The van der Waals surface area contributed by atoms with Crippen LogP contribution < -0.4 is 10.6 Å². The quantitative estimate of drug-likeness (QED) is 0.322. The molecule has 0 saturated heterocycles. The molecule has 36 heavy (non-hydrogen) atoms. The number of aryl methyl sites for hydroxylation is 1. The number of halogens is 1. The predicted octanol–water partition coefficient (Wildman–Crippen LogP) is 5.61. The third-order valence-electron chi connectivity index (χ3n) is 6.13. The molecule has 1 amide bonds. The molecule has 1 fully saturated rings. The molecule has 0 aliphatic heterocycles. The topological polar surface area (TPSA) is 76.2 Å². The highest BCUT2D eigenvalue weighted by Crippen LogP contribution is 2.31. The first-order valence-corrected chi connectivity index (χ1v) is 11.8. The number of rotatable bonds is 8. The number of aromatic nitrogens is 3. The van der Waals surface area contributed by atoms with Gasteiger partial charge in [-0.2, -0.15) is 5.10 Å². The van der Waals surface area contributed by atoms with Gasteiger partial charge in [-0.25, -0.2) is 13.9 Å². The number of nitrogens with zero attached hydrogens (tertiary/aromatic N) is 4. The molecule has 0 spiro atoms. The van der Waals surface area contributed by atoms with E-state index in [1.807, 2.05) is 18.2 Å². The van der Waals surface area contributed by atoms with Crippen LogP contribution >= 0.6 is 0 Å². The highest BCUT2D eigenvalue weighted by atomic mass is 19.1. The average Bonchev–Trinajstić information content (AvgIpc) is 3.65. The third-order valence-corrected chi connectivity index (χ3v) is 6.13. The van der Waals surface area contributed by atoms with Crippen molar-refractivity contribution in [3.8, 4) is 5.69 Å². The molecule has 1 atom stereocenters. The maximum absolute atomic E-state index is 14.9. The molecule has 8 heteroatoms. The second-order valence-electron chi connectivity index (χ2n) is 8.95. The number of benzene rings is 2. The minimum absolute atomic E-state index is 0.0759. The Bertz CT molecular complexity index is 1440. The smallest absolute Gasteiger partial charge is 0.274 e. The number of pyridine rings is 1. The molecular formula is C28H25FN6O. The first-order chi connectivity index (χ1) is 17.5. The van der Waals surface area contributed by atoms with Gasteiger partial charge in [0.1, 0.15) is 11.5 Å². The van der Waals surface area contributed by atoms with Crippen molar-refractivity contribution in [3.63, 3.8) is 0 Å². The first-order valence-electron chi connectivity index (χ1n) is 11.8. The van der Waals surface area contributed by atoms with Crippen molar-refractivity contribution in [2.75, 3.05) is 11.9 Å². The van der Waals surface area contributed by atoms with Crippen LogP contribution in [0.1, 0.15) is 46.3 Å². The molecule has 2 aromatic heterocycles. The van der Waals surface area contributed by atoms with Gasteiger partial charge in [0.25, 0.3) is 5.91 Å². The van der Waals surface area contributed by atoms with Gasteiger partial charge >= 0.3 is 0 Å². The molecule has 5 rings (SSSR count). The van der Waals surface area contributed by atoms with Gasteiger partial charge in [0, 0.05) is 6.20 Å². The first kappa shape index (κ1) is 23.4. The average molecular weight is 481 g/mol. The Balaban J connectivity index is 1.44. The van der Waals surface area contributed by atoms with E-state index in [9.17, 15) is 9.18 Å². The number of hydrogen-bond donors (Lipinski definition) is 2. The zero-order valence-corrected chi connectivity index (χ0v) is 19.8. The van der Waals surface area contributed by atoms with E-state index in [4.69, 9.17) is 6.57 Å². The Labute approximate surface area is 208 Å². The maximum Gasteiger partial charge on any atom is 0.274 e. The number of hydrogen-bond acceptors (Lipinski definition) is 4. The van der Waals surface area contributed by atoms with Gasteiger partial charge in [0.05, 0.1) is 35.4 Å². The summed E-state index contributed by atoms with van der Waals surface area (Å²) in [6, 6.07) is 18.7. The molecule has 7 nitrogen and oxygen atoms in total. The lowest BCUT2D eigenvalue weighted by Crippen LogP contribution is -2.25. The summed E-state index contributed by atoms with van der Waals surface area (Å²) in [5.74, 6) is -0.382. The maximum atomic E-state index is 14.9. The van der Waals surface area contributed by atoms with Crippen LogP contribution in [0.15, 0.2) is 72.9 Å². The zero-order valence-electron chi connectivity index (χ0n) is 19.8. The summed E-state index contributed by atoms with van der Waals surface area (Å²) in [5.41, 5.74) is 3.60. The van der Waals surface area contributed by atoms with E-state index in [1.54, 1.807) is 55.6 Å². The molecule has 1 saturated carbocycles. The molecule has 4 aromatic rings. The van der Waals surface area contributed by atoms with E-state index < -0.39 is 11.7 Å². The summed E-state index contributed by atoms with van der Waals surface area (Å²) >= 11 is 0. The number of carbonyl (C=O) groups is 1. The van der Waals surface area contributed by atoms with E-state index >= 15 is 0 Å². The van der Waals surface area contributed by atoms with Gasteiger partial charge in [-0.05, 0) is 80.3 Å². The van der Waals surface area contributed by atoms with Crippen molar-refractivity contribution < 1.29 is 9.18 Å². The van der Waals surface area contributed by atoms with E-state index in [0.717, 1.165) is 17.8 Å². The van der Waals surface area contributed by atoms with Crippen molar-refractivity contribution in [2.24, 2.45) is 5.92 Å². The van der Waals surface area contributed by atoms with Gasteiger partial charge in [0.15, 0.2) is 5.69 Å². The van der Waals surface area contributed by atoms with Gasteiger partial charge < -0.3 is 10.6 Å². The van der Waals surface area contributed by atoms with E-state index in [1.165, 1.54) is 23.6 Å². The van der Waals surface area contributed by atoms with Gasteiger partial charge in [-0.15, -0.1) is 0 Å². The third kappa shape index (κ3) is 5.16. The van der Waals surface area contributed by atoms with Crippen LogP contribution in [0.25, 0.3) is 10.5 Å². The molecule has 1 aliphatic rings. The fourth-order valence-electron chi connectivity index (χ4n) is 4.10. The molecule has 1 aliphatic carbocycles. The molecule has 2 heterocycles. The van der Waals surface area contributed by atoms with Crippen molar-refractivity contribution in [1.29, 1.82) is 0 Å². The number of nitrogens with one attached hydrogen (secondary N) is 2. The van der Waals surface area contributed by atoms with Crippen LogP contribution in [-0.4, -0.2) is 27.2 Å². The molecule has 1 unspecified atom stereocenters. The largest absolute Gasteiger partial charge is 0.318 e. The zero-order chi connectivity index (χ0) is 25.1. The molecular weight excluding hydrogens is 455 g/mol. The van der Waals surface area contributed by atoms with E-state index in [-0.39, 0.29) is 17.4 Å². The summed E-state index contributed by atoms with van der Waals surface area (Å²) in [6.07, 6.45) is 4.15. The Morgan fingerprint density at radius 1 is 1.17 bits per heavy atom. The monoisotopic (exact) mass is 480 g/mol. The molecule has 2 aromatic carbocycles. The second-order valence-corrected chi connectivity index (χ2v) is 8.95. The SMILES string of the molecule is [C-]#[N+]c1cccc(-n2nc(C)cc2C(=O)Nc2cc(C(NCC3CC3)c3ccccn3)ccc2F)c1. The minimum Gasteiger partial charge on any atom is -0.318 e. The summed E-state index contributed by atoms with van der Waals surface area (Å²) < 4.78 is 16.3. The number of anilines is 1. The van der Waals surface area contributed by atoms with Gasteiger partial charge in [-0.3, -0.25) is 9.78 Å². The van der Waals surface area contributed by atoms with Crippen LogP contribution in [0.5, 0.6) is 0 Å². The fraction of sp³-hybridized carbons (Fsp3) is 0.214. The Hall–Kier alpha value is -4.35. The van der Waals surface area contributed by atoms with Crippen LogP contribution in [0.3, 0.4) is 0 Å². The minimum atomic E-state index is -0.535. The lowest BCUT2D eigenvalue weighted by molar-refractivity contribution is 0.101. The van der Waals surface area contributed by atoms with Crippen LogP contribution in [-0.2, 0) is 0 Å². The van der Waals surface area contributed by atoms with Gasteiger partial charge in [-0.1, -0.05) is 24.3 Å². The lowest BCUT2D eigenvalue weighted by Gasteiger charge is -2.20. The molecule has 0 radical (unpaired) electrons. The van der Waals surface area contributed by atoms with Crippen molar-refractivity contribution in [3.05, 3.63) is 113 Å². The molecule has 2 N–H and O–H groups in total. The van der Waals surface area contributed by atoms with Crippen LogP contribution in [0.4, 0.5) is 15.8 Å². The van der Waals surface area contributed by atoms with Crippen molar-refractivity contribution in [1.82, 2.24) is 20.1 Å². The summed E-state index contributed by atoms with van der Waals surface area (Å²) in [5, 5.41) is 10.7. The second kappa shape index (κ2) is 10.1. The summed E-state index contributed by atoms with van der Waals surface area (Å²) in [7, 11) is 0. The molecule has 180 valence electrons. The molecule has 0 bridgehead atoms. The van der Waals surface area contributed by atoms with Crippen LogP contribution in [0.2, 0.25) is 0 Å². The van der Waals surface area contributed by atoms with Crippen molar-refractivity contribution >= 4 is 17.3 Å². The van der Waals surface area contributed by atoms with Gasteiger partial charge in [0.2, 0.25) is 0 Å². The summed E-state index contributed by atoms with van der Waals surface area (Å²) in [4.78, 5) is 21.2. The highest BCUT2D eigenvalue weighted by Gasteiger charge is 2.25. The van der Waals surface area contributed by atoms with Crippen molar-refractivity contribution in [2.45, 2.75) is 25.8 Å².